The molecule has 21 heavy (non-hydrogen) atoms. The van der Waals surface area contributed by atoms with Crippen molar-refractivity contribution in [1.82, 2.24) is 19.9 Å². The van der Waals surface area contributed by atoms with Crippen LogP contribution in [0.3, 0.4) is 0 Å². The summed E-state index contributed by atoms with van der Waals surface area (Å²) in [4.78, 5) is 9.19. The van der Waals surface area contributed by atoms with Crippen LogP contribution in [0.25, 0.3) is 0 Å². The maximum absolute atomic E-state index is 5.34. The summed E-state index contributed by atoms with van der Waals surface area (Å²) in [7, 11) is 6.01. The van der Waals surface area contributed by atoms with Crippen molar-refractivity contribution in [2.24, 2.45) is 11.8 Å². The molecule has 0 amide bonds. The molecule has 0 aliphatic carbocycles. The zero-order valence-electron chi connectivity index (χ0n) is 13.9. The van der Waals surface area contributed by atoms with Gasteiger partial charge in [-0.1, -0.05) is 19.0 Å². The lowest BCUT2D eigenvalue weighted by atomic mass is 9.91. The summed E-state index contributed by atoms with van der Waals surface area (Å²) in [6.45, 7) is 8.14. The second kappa shape index (κ2) is 7.33. The van der Waals surface area contributed by atoms with E-state index in [2.05, 4.69) is 47.9 Å². The summed E-state index contributed by atoms with van der Waals surface area (Å²) < 4.78 is 10.4. The van der Waals surface area contributed by atoms with Crippen LogP contribution < -0.4 is 0 Å². The van der Waals surface area contributed by atoms with E-state index in [0.29, 0.717) is 36.8 Å². The van der Waals surface area contributed by atoms with Gasteiger partial charge in [0.15, 0.2) is 5.82 Å². The van der Waals surface area contributed by atoms with Gasteiger partial charge in [0.2, 0.25) is 5.89 Å². The number of rotatable bonds is 7. The Labute approximate surface area is 127 Å². The molecule has 0 radical (unpaired) electrons. The molecule has 6 nitrogen and oxygen atoms in total. The highest BCUT2D eigenvalue weighted by Gasteiger charge is 2.36. The van der Waals surface area contributed by atoms with Gasteiger partial charge < -0.3 is 14.2 Å². The van der Waals surface area contributed by atoms with E-state index in [9.17, 15) is 0 Å². The van der Waals surface area contributed by atoms with Gasteiger partial charge in [-0.25, -0.2) is 0 Å². The quantitative estimate of drug-likeness (QED) is 0.755. The number of nitrogens with zero attached hydrogens (tertiary/aromatic N) is 4. The number of methoxy groups -OCH3 is 1. The van der Waals surface area contributed by atoms with E-state index in [1.807, 2.05) is 0 Å². The summed E-state index contributed by atoms with van der Waals surface area (Å²) in [5.74, 6) is 2.82. The van der Waals surface area contributed by atoms with Crippen LogP contribution in [-0.2, 0) is 17.7 Å². The number of likely N-dealkylation sites (N-methyl/N-ethyl adjacent to an activating group) is 1. The highest BCUT2D eigenvalue weighted by atomic mass is 16.5. The van der Waals surface area contributed by atoms with Gasteiger partial charge in [0.05, 0.1) is 13.2 Å². The molecule has 0 unspecified atom stereocenters. The van der Waals surface area contributed by atoms with Crippen molar-refractivity contribution in [1.29, 1.82) is 0 Å². The average Bonchev–Trinajstić information content (AvgIpc) is 3.03. The molecular weight excluding hydrogens is 268 g/mol. The zero-order chi connectivity index (χ0) is 15.4. The molecule has 2 atom stereocenters. The maximum atomic E-state index is 5.34. The Bertz CT molecular complexity index is 417. The predicted octanol–water partition coefficient (Wildman–Crippen LogP) is 1.28. The summed E-state index contributed by atoms with van der Waals surface area (Å²) >= 11 is 0. The lowest BCUT2D eigenvalue weighted by Crippen LogP contribution is -2.37. The lowest BCUT2D eigenvalue weighted by Gasteiger charge is -2.27. The van der Waals surface area contributed by atoms with Crippen molar-refractivity contribution in [3.05, 3.63) is 11.7 Å². The number of ether oxygens (including phenoxy) is 1. The Balaban J connectivity index is 1.93. The standard InChI is InChI=1S/C15H28N4O2/c1-11(2)12-8-19(9-13(12)18(3)4)10-15-16-14(17-21-15)6-7-20-5/h11-13H,6-10H2,1-5H3/t12-,13+/m0/s1. The minimum Gasteiger partial charge on any atom is -0.384 e. The molecule has 120 valence electrons. The van der Waals surface area contributed by atoms with E-state index in [4.69, 9.17) is 9.26 Å². The first-order valence-corrected chi connectivity index (χ1v) is 7.70. The molecule has 0 saturated carbocycles. The minimum absolute atomic E-state index is 0.598. The largest absolute Gasteiger partial charge is 0.384 e. The van der Waals surface area contributed by atoms with Gasteiger partial charge in [0.1, 0.15) is 0 Å². The van der Waals surface area contributed by atoms with Gasteiger partial charge in [-0.2, -0.15) is 4.98 Å². The van der Waals surface area contributed by atoms with Gasteiger partial charge in [-0.15, -0.1) is 0 Å². The molecule has 1 fully saturated rings. The topological polar surface area (TPSA) is 54.6 Å². The fourth-order valence-electron chi connectivity index (χ4n) is 3.07. The van der Waals surface area contributed by atoms with Gasteiger partial charge >= 0.3 is 0 Å². The van der Waals surface area contributed by atoms with Crippen LogP contribution in [0, 0.1) is 11.8 Å². The van der Waals surface area contributed by atoms with Crippen LogP contribution in [0.5, 0.6) is 0 Å². The van der Waals surface area contributed by atoms with Gasteiger partial charge in [-0.3, -0.25) is 4.90 Å². The third kappa shape index (κ3) is 4.25. The Hall–Kier alpha value is -0.980. The second-order valence-electron chi connectivity index (χ2n) is 6.48. The van der Waals surface area contributed by atoms with E-state index in [-0.39, 0.29) is 0 Å². The fraction of sp³-hybridized carbons (Fsp3) is 0.867. The fourth-order valence-corrected chi connectivity index (χ4v) is 3.07. The van der Waals surface area contributed by atoms with E-state index in [0.717, 1.165) is 25.5 Å². The van der Waals surface area contributed by atoms with Crippen LogP contribution in [0.15, 0.2) is 4.52 Å². The highest BCUT2D eigenvalue weighted by Crippen LogP contribution is 2.27. The monoisotopic (exact) mass is 296 g/mol. The number of likely N-dealkylation sites (tertiary alicyclic amines) is 1. The SMILES string of the molecule is COCCc1noc(CN2C[C@@H](N(C)C)[C@H](C(C)C)C2)n1. The summed E-state index contributed by atoms with van der Waals surface area (Å²) in [5, 5.41) is 4.00. The molecule has 1 aliphatic rings. The van der Waals surface area contributed by atoms with Gasteiger partial charge in [-0.05, 0) is 25.9 Å². The zero-order valence-corrected chi connectivity index (χ0v) is 13.9. The molecule has 0 bridgehead atoms. The molecule has 0 N–H and O–H groups in total. The van der Waals surface area contributed by atoms with Gasteiger partial charge in [0.25, 0.3) is 0 Å². The molecule has 2 rings (SSSR count). The molecule has 1 aliphatic heterocycles. The first kappa shape index (κ1) is 16.4. The van der Waals surface area contributed by atoms with Crippen molar-refractivity contribution < 1.29 is 9.26 Å². The van der Waals surface area contributed by atoms with Crippen LogP contribution in [-0.4, -0.2) is 66.9 Å². The maximum Gasteiger partial charge on any atom is 0.240 e. The lowest BCUT2D eigenvalue weighted by molar-refractivity contribution is 0.199. The number of hydrogen-bond donors (Lipinski definition) is 0. The van der Waals surface area contributed by atoms with Crippen molar-refractivity contribution in [2.75, 3.05) is 40.9 Å². The van der Waals surface area contributed by atoms with Crippen LogP contribution in [0.2, 0.25) is 0 Å². The molecule has 1 aromatic rings. The molecule has 1 aromatic heterocycles. The van der Waals surface area contributed by atoms with E-state index in [1.165, 1.54) is 0 Å². The van der Waals surface area contributed by atoms with Crippen LogP contribution in [0.1, 0.15) is 25.6 Å². The third-order valence-electron chi connectivity index (χ3n) is 4.33. The van der Waals surface area contributed by atoms with E-state index in [1.54, 1.807) is 7.11 Å². The minimum atomic E-state index is 0.598. The normalized spacial score (nSPS) is 23.6. The molecular formula is C15H28N4O2. The Morgan fingerprint density at radius 3 is 2.71 bits per heavy atom. The predicted molar refractivity (Wildman–Crippen MR) is 81.0 cm³/mol. The highest BCUT2D eigenvalue weighted by molar-refractivity contribution is 4.93. The third-order valence-corrected chi connectivity index (χ3v) is 4.33. The molecule has 2 heterocycles. The summed E-state index contributed by atoms with van der Waals surface area (Å²) in [6, 6.07) is 0.598. The Morgan fingerprint density at radius 2 is 2.14 bits per heavy atom. The van der Waals surface area contributed by atoms with Gasteiger partial charge in [0, 0.05) is 32.7 Å². The molecule has 1 saturated heterocycles. The summed E-state index contributed by atoms with van der Waals surface area (Å²) in [5.41, 5.74) is 0. The van der Waals surface area contributed by atoms with Crippen molar-refractivity contribution in [3.8, 4) is 0 Å². The molecule has 6 heteroatoms. The molecule has 0 spiro atoms. The number of hydrogen-bond acceptors (Lipinski definition) is 6. The average molecular weight is 296 g/mol. The van der Waals surface area contributed by atoms with Crippen molar-refractivity contribution in [3.63, 3.8) is 0 Å². The first-order valence-electron chi connectivity index (χ1n) is 7.70. The van der Waals surface area contributed by atoms with E-state index >= 15 is 0 Å². The van der Waals surface area contributed by atoms with Crippen LogP contribution in [0.4, 0.5) is 0 Å². The first-order chi connectivity index (χ1) is 10.0. The van der Waals surface area contributed by atoms with Crippen LogP contribution >= 0.6 is 0 Å². The molecule has 0 aromatic carbocycles. The van der Waals surface area contributed by atoms with Crippen molar-refractivity contribution in [2.45, 2.75) is 32.9 Å². The Kier molecular flexibility index (Phi) is 5.72. The number of aromatic nitrogens is 2. The summed E-state index contributed by atoms with van der Waals surface area (Å²) in [6.07, 6.45) is 0.703. The van der Waals surface area contributed by atoms with E-state index < -0.39 is 0 Å². The smallest absolute Gasteiger partial charge is 0.240 e. The second-order valence-corrected chi connectivity index (χ2v) is 6.48. The Morgan fingerprint density at radius 1 is 1.38 bits per heavy atom. The van der Waals surface area contributed by atoms with Crippen molar-refractivity contribution >= 4 is 0 Å².